The number of fused-ring (bicyclic) bond motifs is 4. The summed E-state index contributed by atoms with van der Waals surface area (Å²) >= 11 is 0. The quantitative estimate of drug-likeness (QED) is 0.189. The lowest BCUT2D eigenvalue weighted by atomic mass is 10.1. The standard InChI is InChI=1S/C24H26N4O3.C20H19N3O3/c1-2-27-15-19(24(30)28-9-11-31-12-10-28)23(29)22-20(27)7-8-21(26-22)25-18-13-16-5-3-4-6-17(16)14-18;1-2-23-11-15(20(25)26)19(24)18-16(23)7-8-17(22-18)21-14-9-12-5-3-4-6-13(12)10-14/h3-8,15,18H,2,9-14H2,1H3,(H,25,26);3-8,11,14H,2,9-10H2,1H3,(H,21,22)(H,25,26). The number of amides is 1. The molecule has 13 nitrogen and oxygen atoms in total. The zero-order chi connectivity index (χ0) is 39.6. The first-order chi connectivity index (χ1) is 27.7. The number of pyridine rings is 4. The number of rotatable bonds is 8. The van der Waals surface area contributed by atoms with Gasteiger partial charge in [0.15, 0.2) is 0 Å². The molecule has 0 atom stereocenters. The number of aromatic carboxylic acids is 1. The molecule has 2 aromatic carbocycles. The largest absolute Gasteiger partial charge is 0.477 e. The zero-order valence-electron chi connectivity index (χ0n) is 32.0. The molecule has 0 radical (unpaired) electrons. The molecule has 0 saturated carbocycles. The molecule has 292 valence electrons. The molecule has 1 saturated heterocycles. The maximum Gasteiger partial charge on any atom is 0.341 e. The summed E-state index contributed by atoms with van der Waals surface area (Å²) in [4.78, 5) is 61.0. The third-order valence-corrected chi connectivity index (χ3v) is 11.1. The molecule has 6 aromatic rings. The number of hydrogen-bond donors (Lipinski definition) is 3. The predicted molar refractivity (Wildman–Crippen MR) is 220 cm³/mol. The fourth-order valence-corrected chi connectivity index (χ4v) is 8.19. The minimum absolute atomic E-state index is 0.175. The van der Waals surface area contributed by atoms with Crippen molar-refractivity contribution in [2.45, 2.75) is 64.7 Å². The van der Waals surface area contributed by atoms with E-state index in [4.69, 9.17) is 4.74 Å². The number of carbonyl (C=O) groups excluding carboxylic acids is 1. The van der Waals surface area contributed by atoms with Crippen LogP contribution in [0.4, 0.5) is 11.6 Å². The van der Waals surface area contributed by atoms with Crippen molar-refractivity contribution in [2.24, 2.45) is 0 Å². The number of aromatic nitrogens is 4. The molecule has 57 heavy (non-hydrogen) atoms. The first-order valence-electron chi connectivity index (χ1n) is 19.6. The number of ether oxygens (including phenoxy) is 1. The third kappa shape index (κ3) is 7.62. The van der Waals surface area contributed by atoms with Crippen LogP contribution in [0.15, 0.2) is 94.8 Å². The summed E-state index contributed by atoms with van der Waals surface area (Å²) in [7, 11) is 0. The van der Waals surface area contributed by atoms with Gasteiger partial charge in [0.1, 0.15) is 33.8 Å². The molecule has 0 spiro atoms. The molecule has 9 rings (SSSR count). The van der Waals surface area contributed by atoms with E-state index in [2.05, 4.69) is 57.0 Å². The van der Waals surface area contributed by atoms with E-state index < -0.39 is 11.4 Å². The van der Waals surface area contributed by atoms with Crippen molar-refractivity contribution >= 4 is 45.6 Å². The normalized spacial score (nSPS) is 15.2. The second-order valence-electron chi connectivity index (χ2n) is 14.7. The van der Waals surface area contributed by atoms with Gasteiger partial charge in [-0.25, -0.2) is 14.8 Å². The molecule has 5 heterocycles. The summed E-state index contributed by atoms with van der Waals surface area (Å²) in [5.41, 5.74) is 6.33. The summed E-state index contributed by atoms with van der Waals surface area (Å²) in [6.07, 6.45) is 6.74. The summed E-state index contributed by atoms with van der Waals surface area (Å²) in [5, 5.41) is 16.2. The van der Waals surface area contributed by atoms with Gasteiger partial charge in [-0.1, -0.05) is 48.5 Å². The van der Waals surface area contributed by atoms with Crippen molar-refractivity contribution in [3.63, 3.8) is 0 Å². The number of carbonyl (C=O) groups is 2. The number of carboxylic acid groups (broad SMARTS) is 1. The topological polar surface area (TPSA) is 161 Å². The van der Waals surface area contributed by atoms with Gasteiger partial charge in [0.2, 0.25) is 10.9 Å². The number of morpholine rings is 1. The summed E-state index contributed by atoms with van der Waals surface area (Å²) in [5.74, 6) is -0.215. The van der Waals surface area contributed by atoms with Crippen LogP contribution >= 0.6 is 0 Å². The predicted octanol–water partition coefficient (Wildman–Crippen LogP) is 5.16. The van der Waals surface area contributed by atoms with Gasteiger partial charge in [0.25, 0.3) is 5.91 Å². The zero-order valence-corrected chi connectivity index (χ0v) is 32.0. The van der Waals surface area contributed by atoms with Gasteiger partial charge in [0, 0.05) is 50.7 Å². The van der Waals surface area contributed by atoms with Crippen LogP contribution in [-0.4, -0.2) is 79.4 Å². The fraction of sp³-hybridized carbons (Fsp3) is 0.318. The van der Waals surface area contributed by atoms with Gasteiger partial charge in [-0.2, -0.15) is 0 Å². The van der Waals surface area contributed by atoms with E-state index in [1.54, 1.807) is 15.7 Å². The fourth-order valence-electron chi connectivity index (χ4n) is 8.19. The molecular formula is C44H45N7O6. The number of benzene rings is 2. The summed E-state index contributed by atoms with van der Waals surface area (Å²) in [6, 6.07) is 24.7. The van der Waals surface area contributed by atoms with E-state index in [0.29, 0.717) is 62.1 Å². The Kier molecular flexibility index (Phi) is 10.6. The lowest BCUT2D eigenvalue weighted by Gasteiger charge is -2.27. The summed E-state index contributed by atoms with van der Waals surface area (Å²) < 4.78 is 9.00. The molecule has 4 aromatic heterocycles. The molecule has 13 heteroatoms. The van der Waals surface area contributed by atoms with E-state index in [-0.39, 0.29) is 40.1 Å². The van der Waals surface area contributed by atoms with Crippen LogP contribution < -0.4 is 21.5 Å². The molecule has 1 fully saturated rings. The van der Waals surface area contributed by atoms with Gasteiger partial charge in [-0.3, -0.25) is 14.4 Å². The van der Waals surface area contributed by atoms with Crippen LogP contribution in [0.5, 0.6) is 0 Å². The van der Waals surface area contributed by atoms with Crippen molar-refractivity contribution < 1.29 is 19.4 Å². The van der Waals surface area contributed by atoms with E-state index in [0.717, 1.165) is 31.2 Å². The van der Waals surface area contributed by atoms with Crippen LogP contribution in [0.25, 0.3) is 22.1 Å². The number of anilines is 2. The number of hydrogen-bond acceptors (Lipinski definition) is 9. The second kappa shape index (κ2) is 16.0. The van der Waals surface area contributed by atoms with Crippen LogP contribution in [0.2, 0.25) is 0 Å². The van der Waals surface area contributed by atoms with Crippen molar-refractivity contribution in [3.8, 4) is 0 Å². The number of aryl methyl sites for hydroxylation is 2. The highest BCUT2D eigenvalue weighted by Crippen LogP contribution is 2.26. The van der Waals surface area contributed by atoms with Crippen LogP contribution in [0, 0.1) is 0 Å². The number of nitrogens with zero attached hydrogens (tertiary/aromatic N) is 5. The van der Waals surface area contributed by atoms with Crippen molar-refractivity contribution in [3.05, 3.63) is 139 Å². The first kappa shape index (κ1) is 37.6. The Morgan fingerprint density at radius 2 is 1.09 bits per heavy atom. The maximum absolute atomic E-state index is 13.3. The van der Waals surface area contributed by atoms with Crippen molar-refractivity contribution in [1.29, 1.82) is 0 Å². The van der Waals surface area contributed by atoms with Gasteiger partial charge in [-0.05, 0) is 86.1 Å². The molecular weight excluding hydrogens is 723 g/mol. The van der Waals surface area contributed by atoms with Crippen LogP contribution in [0.1, 0.15) is 56.8 Å². The molecule has 1 aliphatic heterocycles. The average molecular weight is 768 g/mol. The van der Waals surface area contributed by atoms with Gasteiger partial charge < -0.3 is 34.5 Å². The molecule has 3 N–H and O–H groups in total. The molecule has 1 amide bonds. The van der Waals surface area contributed by atoms with Crippen LogP contribution in [0.3, 0.4) is 0 Å². The lowest BCUT2D eigenvalue weighted by molar-refractivity contribution is 0.0301. The lowest BCUT2D eigenvalue weighted by Crippen LogP contribution is -2.42. The van der Waals surface area contributed by atoms with Gasteiger partial charge in [0.05, 0.1) is 24.2 Å². The Labute approximate surface area is 329 Å². The smallest absolute Gasteiger partial charge is 0.341 e. The number of nitrogens with one attached hydrogen (secondary N) is 2. The van der Waals surface area contributed by atoms with E-state index in [9.17, 15) is 24.3 Å². The Balaban J connectivity index is 0.000000162. The molecule has 0 bridgehead atoms. The SMILES string of the molecule is CCn1cc(C(=O)N2CCOCC2)c(=O)c2nc(NC3Cc4ccccc4C3)ccc21.CCn1cc(C(=O)O)c(=O)c2nc(NC3Cc4ccccc4C3)ccc21. The maximum atomic E-state index is 13.3. The Morgan fingerprint density at radius 1 is 0.667 bits per heavy atom. The minimum Gasteiger partial charge on any atom is -0.477 e. The number of carboxylic acids is 1. The Hall–Kier alpha value is -6.34. The second-order valence-corrected chi connectivity index (χ2v) is 14.7. The average Bonchev–Trinajstić information content (AvgIpc) is 3.84. The van der Waals surface area contributed by atoms with E-state index in [1.807, 2.05) is 54.8 Å². The Bertz CT molecular complexity index is 2580. The summed E-state index contributed by atoms with van der Waals surface area (Å²) in [6.45, 7) is 7.09. The third-order valence-electron chi connectivity index (χ3n) is 11.1. The molecule has 2 aliphatic carbocycles. The highest BCUT2D eigenvalue weighted by atomic mass is 16.5. The van der Waals surface area contributed by atoms with Crippen molar-refractivity contribution in [1.82, 2.24) is 24.0 Å². The van der Waals surface area contributed by atoms with E-state index in [1.165, 1.54) is 28.5 Å². The van der Waals surface area contributed by atoms with Gasteiger partial charge in [-0.15, -0.1) is 0 Å². The first-order valence-corrected chi connectivity index (χ1v) is 19.6. The molecule has 0 unspecified atom stereocenters. The molecule has 3 aliphatic rings. The minimum atomic E-state index is -1.23. The van der Waals surface area contributed by atoms with E-state index >= 15 is 0 Å². The Morgan fingerprint density at radius 3 is 1.51 bits per heavy atom. The highest BCUT2D eigenvalue weighted by molar-refractivity contribution is 5.97. The van der Waals surface area contributed by atoms with Crippen molar-refractivity contribution in [2.75, 3.05) is 36.9 Å². The monoisotopic (exact) mass is 767 g/mol. The van der Waals surface area contributed by atoms with Gasteiger partial charge >= 0.3 is 5.97 Å². The van der Waals surface area contributed by atoms with Crippen LogP contribution in [-0.2, 0) is 43.5 Å². The highest BCUT2D eigenvalue weighted by Gasteiger charge is 2.26.